The molecule has 0 atom stereocenters. The maximum atomic E-state index is 2.41. The third-order valence-electron chi connectivity index (χ3n) is 11.3. The molecule has 276 valence electrons. The molecule has 2 heteroatoms. The van der Waals surface area contributed by atoms with E-state index in [0.717, 1.165) is 34.1 Å². The van der Waals surface area contributed by atoms with Gasteiger partial charge in [0.05, 0.1) is 0 Å². The normalized spacial score (nSPS) is 11.3. The van der Waals surface area contributed by atoms with Gasteiger partial charge < -0.3 is 9.80 Å². The Balaban J connectivity index is 1.09. The molecule has 10 aromatic carbocycles. The number of para-hydroxylation sites is 2. The average molecular weight is 743 g/mol. The second kappa shape index (κ2) is 14.9. The molecular formula is C56H42N2. The van der Waals surface area contributed by atoms with Crippen molar-refractivity contribution in [2.45, 2.75) is 13.8 Å². The van der Waals surface area contributed by atoms with Crippen LogP contribution < -0.4 is 9.80 Å². The molecule has 10 rings (SSSR count). The third-order valence-corrected chi connectivity index (χ3v) is 11.3. The van der Waals surface area contributed by atoms with Crippen molar-refractivity contribution in [1.29, 1.82) is 0 Å². The predicted octanol–water partition coefficient (Wildman–Crippen LogP) is 16.0. The molecule has 0 N–H and O–H groups in total. The zero-order valence-corrected chi connectivity index (χ0v) is 32.7. The molecule has 0 aliphatic rings. The minimum atomic E-state index is 1.12. The van der Waals surface area contributed by atoms with E-state index in [1.807, 2.05) is 0 Å². The third kappa shape index (κ3) is 6.45. The molecule has 0 bridgehead atoms. The maximum Gasteiger partial charge on any atom is 0.0464 e. The lowest BCUT2D eigenvalue weighted by molar-refractivity contribution is 1.27. The molecule has 0 aliphatic heterocycles. The van der Waals surface area contributed by atoms with Crippen molar-refractivity contribution >= 4 is 66.4 Å². The Bertz CT molecular complexity index is 2850. The summed E-state index contributed by atoms with van der Waals surface area (Å²) >= 11 is 0. The molecule has 10 aromatic rings. The van der Waals surface area contributed by atoms with Crippen LogP contribution >= 0.6 is 0 Å². The molecule has 0 heterocycles. The lowest BCUT2D eigenvalue weighted by atomic mass is 9.87. The lowest BCUT2D eigenvalue weighted by Gasteiger charge is -2.26. The molecule has 0 aliphatic carbocycles. The van der Waals surface area contributed by atoms with E-state index in [4.69, 9.17) is 0 Å². The zero-order chi connectivity index (χ0) is 39.0. The van der Waals surface area contributed by atoms with Crippen LogP contribution in [-0.4, -0.2) is 0 Å². The minimum Gasteiger partial charge on any atom is -0.310 e. The van der Waals surface area contributed by atoms with Crippen LogP contribution in [0.5, 0.6) is 0 Å². The Labute approximate surface area is 340 Å². The number of rotatable bonds is 8. The molecule has 0 radical (unpaired) electrons. The molecule has 0 fully saturated rings. The summed E-state index contributed by atoms with van der Waals surface area (Å²) in [6, 6.07) is 79.4. The second-order valence-electron chi connectivity index (χ2n) is 15.1. The Morgan fingerprint density at radius 3 is 0.948 bits per heavy atom. The van der Waals surface area contributed by atoms with Crippen LogP contribution in [-0.2, 0) is 0 Å². The summed E-state index contributed by atoms with van der Waals surface area (Å²) in [6.07, 6.45) is 0. The van der Waals surface area contributed by atoms with E-state index in [1.165, 1.54) is 65.7 Å². The number of benzene rings is 10. The van der Waals surface area contributed by atoms with Gasteiger partial charge in [0.15, 0.2) is 0 Å². The van der Waals surface area contributed by atoms with Crippen LogP contribution in [0.3, 0.4) is 0 Å². The van der Waals surface area contributed by atoms with Gasteiger partial charge in [-0.1, -0.05) is 133 Å². The average Bonchev–Trinajstić information content (AvgIpc) is 3.27. The molecule has 0 spiro atoms. The van der Waals surface area contributed by atoms with Crippen molar-refractivity contribution in [2.24, 2.45) is 0 Å². The first-order valence-corrected chi connectivity index (χ1v) is 20.0. The van der Waals surface area contributed by atoms with Crippen LogP contribution in [0.25, 0.3) is 54.6 Å². The fourth-order valence-corrected chi connectivity index (χ4v) is 8.59. The van der Waals surface area contributed by atoms with Crippen molar-refractivity contribution in [3.05, 3.63) is 230 Å². The molecule has 0 amide bonds. The molecular weight excluding hydrogens is 701 g/mol. The van der Waals surface area contributed by atoms with Gasteiger partial charge in [0.25, 0.3) is 0 Å². The molecule has 2 nitrogen and oxygen atoms in total. The first-order chi connectivity index (χ1) is 28.6. The summed E-state index contributed by atoms with van der Waals surface area (Å²) in [5.41, 5.74) is 14.1. The largest absolute Gasteiger partial charge is 0.310 e. The molecule has 0 aromatic heterocycles. The predicted molar refractivity (Wildman–Crippen MR) is 249 cm³/mol. The van der Waals surface area contributed by atoms with Gasteiger partial charge in [-0.2, -0.15) is 0 Å². The van der Waals surface area contributed by atoms with Gasteiger partial charge in [0.2, 0.25) is 0 Å². The highest BCUT2D eigenvalue weighted by Gasteiger charge is 2.18. The van der Waals surface area contributed by atoms with Gasteiger partial charge in [0.1, 0.15) is 0 Å². The first-order valence-electron chi connectivity index (χ1n) is 20.0. The van der Waals surface area contributed by atoms with E-state index in [2.05, 4.69) is 242 Å². The first kappa shape index (κ1) is 35.0. The highest BCUT2D eigenvalue weighted by molar-refractivity contribution is 6.23. The quantitative estimate of drug-likeness (QED) is 0.143. The van der Waals surface area contributed by atoms with Crippen LogP contribution in [0, 0.1) is 13.8 Å². The van der Waals surface area contributed by atoms with E-state index in [9.17, 15) is 0 Å². The smallest absolute Gasteiger partial charge is 0.0464 e. The summed E-state index contributed by atoms with van der Waals surface area (Å²) in [7, 11) is 0. The number of anilines is 6. The zero-order valence-electron chi connectivity index (χ0n) is 32.7. The number of hydrogen-bond acceptors (Lipinski definition) is 2. The van der Waals surface area contributed by atoms with Gasteiger partial charge in [-0.15, -0.1) is 0 Å². The van der Waals surface area contributed by atoms with Crippen molar-refractivity contribution in [1.82, 2.24) is 0 Å². The number of aryl methyl sites for hydroxylation is 2. The van der Waals surface area contributed by atoms with Crippen molar-refractivity contribution in [2.75, 3.05) is 9.80 Å². The fraction of sp³-hybridized carbons (Fsp3) is 0.0357. The maximum absolute atomic E-state index is 2.41. The Hall–Kier alpha value is -7.42. The molecule has 0 saturated carbocycles. The van der Waals surface area contributed by atoms with Gasteiger partial charge in [-0.05, 0) is 164 Å². The molecule has 0 saturated heterocycles. The SMILES string of the molecule is Cc1cccc(N(c2ccccc2)c2ccc(-c3cc4c5ccccc5c(-c5ccc(N(c6ccccc6)c6cccc(C)c6)cc5)cc4c4ccccc34)cc2)c1. The molecule has 58 heavy (non-hydrogen) atoms. The lowest BCUT2D eigenvalue weighted by Crippen LogP contribution is -2.09. The summed E-state index contributed by atoms with van der Waals surface area (Å²) in [6.45, 7) is 4.30. The fourth-order valence-electron chi connectivity index (χ4n) is 8.59. The van der Waals surface area contributed by atoms with Crippen LogP contribution in [0.4, 0.5) is 34.1 Å². The summed E-state index contributed by atoms with van der Waals surface area (Å²) in [5, 5.41) is 7.51. The number of nitrogens with zero attached hydrogens (tertiary/aromatic N) is 2. The highest BCUT2D eigenvalue weighted by atomic mass is 15.1. The molecule has 0 unspecified atom stereocenters. The van der Waals surface area contributed by atoms with E-state index in [-0.39, 0.29) is 0 Å². The number of hydrogen-bond donors (Lipinski definition) is 0. The summed E-state index contributed by atoms with van der Waals surface area (Å²) in [4.78, 5) is 4.66. The van der Waals surface area contributed by atoms with Crippen molar-refractivity contribution in [3.63, 3.8) is 0 Å². The summed E-state index contributed by atoms with van der Waals surface area (Å²) < 4.78 is 0. The topological polar surface area (TPSA) is 6.48 Å². The van der Waals surface area contributed by atoms with E-state index in [1.54, 1.807) is 0 Å². The van der Waals surface area contributed by atoms with E-state index >= 15 is 0 Å². The Morgan fingerprint density at radius 1 is 0.241 bits per heavy atom. The van der Waals surface area contributed by atoms with Gasteiger partial charge in [-0.25, -0.2) is 0 Å². The monoisotopic (exact) mass is 742 g/mol. The highest BCUT2D eigenvalue weighted by Crippen LogP contribution is 2.44. The van der Waals surface area contributed by atoms with Crippen LogP contribution in [0.2, 0.25) is 0 Å². The van der Waals surface area contributed by atoms with Crippen LogP contribution in [0.15, 0.2) is 218 Å². The minimum absolute atomic E-state index is 1.12. The Morgan fingerprint density at radius 2 is 0.569 bits per heavy atom. The standard InChI is InChI=1S/C56H42N2/c1-39-15-13-21-47(35-39)57(43-17-5-3-6-18-43)45-31-27-41(28-32-45)53-37-55-52-26-12-10-24-50(52)54(38-56(55)51-25-11-9-23-49(51)53)42-29-33-46(34-30-42)58(44-19-7-4-8-20-44)48-22-14-16-40(2)36-48/h3-38H,1-2H3. The van der Waals surface area contributed by atoms with Gasteiger partial charge >= 0.3 is 0 Å². The van der Waals surface area contributed by atoms with E-state index < -0.39 is 0 Å². The Kier molecular flexibility index (Phi) is 9.01. The van der Waals surface area contributed by atoms with Crippen molar-refractivity contribution < 1.29 is 0 Å². The second-order valence-corrected chi connectivity index (χ2v) is 15.1. The van der Waals surface area contributed by atoms with Gasteiger partial charge in [0, 0.05) is 34.1 Å². The van der Waals surface area contributed by atoms with E-state index in [0.29, 0.717) is 0 Å². The van der Waals surface area contributed by atoms with Crippen molar-refractivity contribution in [3.8, 4) is 22.3 Å². The number of fused-ring (bicyclic) bond motifs is 5. The summed E-state index contributed by atoms with van der Waals surface area (Å²) in [5.74, 6) is 0. The van der Waals surface area contributed by atoms with Crippen LogP contribution in [0.1, 0.15) is 11.1 Å². The van der Waals surface area contributed by atoms with Gasteiger partial charge in [-0.3, -0.25) is 0 Å².